The summed E-state index contributed by atoms with van der Waals surface area (Å²) >= 11 is 0. The maximum absolute atomic E-state index is 13.0. The number of carbonyl (C=O) groups is 2. The number of nitrogens with two attached hydrogens (primary N) is 1. The molecule has 13 nitrogen and oxygen atoms in total. The molecular formula is C31H44N4O9. The Balaban J connectivity index is 1.76. The van der Waals surface area contributed by atoms with Gasteiger partial charge in [-0.15, -0.1) is 0 Å². The summed E-state index contributed by atoms with van der Waals surface area (Å²) in [5.41, 5.74) is 2.37. The zero-order chi connectivity index (χ0) is 32.5. The molecule has 0 aromatic heterocycles. The van der Waals surface area contributed by atoms with Crippen molar-refractivity contribution in [3.63, 3.8) is 0 Å². The summed E-state index contributed by atoms with van der Waals surface area (Å²) in [6.07, 6.45) is 0.486. The highest BCUT2D eigenvalue weighted by atomic mass is 16.6. The molecule has 2 aromatic rings. The van der Waals surface area contributed by atoms with E-state index in [-0.39, 0.29) is 43.2 Å². The number of para-hydroxylation sites is 1. The Morgan fingerprint density at radius 2 is 1.80 bits per heavy atom. The van der Waals surface area contributed by atoms with Gasteiger partial charge in [-0.05, 0) is 71.3 Å². The van der Waals surface area contributed by atoms with Crippen LogP contribution >= 0.6 is 0 Å². The van der Waals surface area contributed by atoms with Gasteiger partial charge in [0.05, 0.1) is 22.4 Å². The molecule has 0 amide bonds. The second-order valence-electron chi connectivity index (χ2n) is 11.5. The van der Waals surface area contributed by atoms with Gasteiger partial charge in [0, 0.05) is 42.2 Å². The van der Waals surface area contributed by atoms with Gasteiger partial charge in [0.1, 0.15) is 24.2 Å². The van der Waals surface area contributed by atoms with Crippen LogP contribution in [0.5, 0.6) is 11.5 Å². The lowest BCUT2D eigenvalue weighted by atomic mass is 9.51. The molecular weight excluding hydrogens is 572 g/mol. The SMILES string of the molecule is CC1NC(C)C(CCN)(C(=O)O)C(c2cc([N+](=O)[O-])ccc2OCCCCNCC(O)COc2ccccc2)C1(C)C(=O)O. The first-order chi connectivity index (χ1) is 20.9. The van der Waals surface area contributed by atoms with E-state index in [0.717, 1.165) is 0 Å². The van der Waals surface area contributed by atoms with Crippen molar-refractivity contribution >= 4 is 17.6 Å². The van der Waals surface area contributed by atoms with E-state index in [4.69, 9.17) is 15.2 Å². The van der Waals surface area contributed by atoms with Crippen LogP contribution in [0.2, 0.25) is 0 Å². The predicted octanol–water partition coefficient (Wildman–Crippen LogP) is 2.76. The summed E-state index contributed by atoms with van der Waals surface area (Å²) in [5.74, 6) is -2.83. The molecule has 0 saturated carbocycles. The quantitative estimate of drug-likeness (QED) is 0.0862. The van der Waals surface area contributed by atoms with E-state index < -0.39 is 51.8 Å². The van der Waals surface area contributed by atoms with Crippen LogP contribution in [0.1, 0.15) is 51.5 Å². The van der Waals surface area contributed by atoms with Gasteiger partial charge in [-0.25, -0.2) is 0 Å². The molecule has 0 bridgehead atoms. The molecule has 1 heterocycles. The fourth-order valence-corrected chi connectivity index (χ4v) is 6.23. The van der Waals surface area contributed by atoms with Crippen LogP contribution in [0.3, 0.4) is 0 Å². The molecule has 44 heavy (non-hydrogen) atoms. The number of carboxylic acids is 2. The van der Waals surface area contributed by atoms with Gasteiger partial charge < -0.3 is 41.2 Å². The number of nitrogens with zero attached hydrogens (tertiary/aromatic N) is 1. The molecule has 1 fully saturated rings. The molecule has 1 aliphatic rings. The number of aliphatic carboxylic acids is 2. The third-order valence-electron chi connectivity index (χ3n) is 8.79. The summed E-state index contributed by atoms with van der Waals surface area (Å²) in [4.78, 5) is 37.1. The summed E-state index contributed by atoms with van der Waals surface area (Å²) in [7, 11) is 0. The average Bonchev–Trinajstić information content (AvgIpc) is 2.98. The number of hydrogen-bond donors (Lipinski definition) is 6. The normalized spacial score (nSPS) is 25.6. The Kier molecular flexibility index (Phi) is 12.1. The fraction of sp³-hybridized carbons (Fsp3) is 0.548. The molecule has 0 radical (unpaired) electrons. The summed E-state index contributed by atoms with van der Waals surface area (Å²) in [5, 5.41) is 49.4. The Labute approximate surface area is 256 Å². The van der Waals surface area contributed by atoms with E-state index in [1.54, 1.807) is 13.8 Å². The summed E-state index contributed by atoms with van der Waals surface area (Å²) in [6, 6.07) is 11.7. The zero-order valence-corrected chi connectivity index (χ0v) is 25.4. The van der Waals surface area contributed by atoms with Crippen molar-refractivity contribution < 1.29 is 39.3 Å². The minimum atomic E-state index is -1.70. The van der Waals surface area contributed by atoms with Gasteiger partial charge >= 0.3 is 11.9 Å². The number of ether oxygens (including phenoxy) is 2. The lowest BCUT2D eigenvalue weighted by Crippen LogP contribution is -2.69. The Bertz CT molecular complexity index is 1280. The van der Waals surface area contributed by atoms with E-state index in [0.29, 0.717) is 31.7 Å². The third-order valence-corrected chi connectivity index (χ3v) is 8.79. The number of nitrogens with one attached hydrogen (secondary N) is 2. The van der Waals surface area contributed by atoms with Crippen molar-refractivity contribution in [1.82, 2.24) is 10.6 Å². The van der Waals surface area contributed by atoms with Crippen LogP contribution in [0.4, 0.5) is 5.69 Å². The summed E-state index contributed by atoms with van der Waals surface area (Å²) < 4.78 is 11.6. The number of aliphatic hydroxyl groups is 1. The van der Waals surface area contributed by atoms with Crippen LogP contribution in [0.25, 0.3) is 0 Å². The highest BCUT2D eigenvalue weighted by Gasteiger charge is 2.65. The van der Waals surface area contributed by atoms with Crippen molar-refractivity contribution in [2.75, 3.05) is 32.8 Å². The first-order valence-electron chi connectivity index (χ1n) is 14.8. The molecule has 6 atom stereocenters. The highest BCUT2D eigenvalue weighted by molar-refractivity contribution is 5.84. The van der Waals surface area contributed by atoms with E-state index in [9.17, 15) is 35.0 Å². The molecule has 1 saturated heterocycles. The number of unbranched alkanes of at least 4 members (excludes halogenated alkanes) is 1. The maximum atomic E-state index is 13.0. The van der Waals surface area contributed by atoms with Crippen molar-refractivity contribution in [1.29, 1.82) is 0 Å². The van der Waals surface area contributed by atoms with E-state index >= 15 is 0 Å². The van der Waals surface area contributed by atoms with E-state index in [1.807, 2.05) is 30.3 Å². The Hall–Kier alpha value is -3.78. The Morgan fingerprint density at radius 3 is 2.41 bits per heavy atom. The molecule has 13 heteroatoms. The van der Waals surface area contributed by atoms with Gasteiger partial charge in [0.25, 0.3) is 5.69 Å². The molecule has 2 aromatic carbocycles. The van der Waals surface area contributed by atoms with Crippen LogP contribution in [0, 0.1) is 20.9 Å². The lowest BCUT2D eigenvalue weighted by molar-refractivity contribution is -0.385. The maximum Gasteiger partial charge on any atom is 0.311 e. The van der Waals surface area contributed by atoms with Crippen LogP contribution < -0.4 is 25.8 Å². The number of aliphatic hydroxyl groups excluding tert-OH is 1. The lowest BCUT2D eigenvalue weighted by Gasteiger charge is -2.56. The molecule has 1 aliphatic heterocycles. The van der Waals surface area contributed by atoms with Crippen LogP contribution in [0.15, 0.2) is 48.5 Å². The monoisotopic (exact) mass is 616 g/mol. The minimum absolute atomic E-state index is 0.0376. The van der Waals surface area contributed by atoms with Gasteiger partial charge in [-0.2, -0.15) is 0 Å². The number of nitro benzene ring substituents is 1. The molecule has 0 spiro atoms. The number of rotatable bonds is 17. The largest absolute Gasteiger partial charge is 0.493 e. The van der Waals surface area contributed by atoms with Crippen molar-refractivity contribution in [3.05, 3.63) is 64.2 Å². The molecule has 6 unspecified atom stereocenters. The highest BCUT2D eigenvalue weighted by Crippen LogP contribution is 2.58. The van der Waals surface area contributed by atoms with Gasteiger partial charge in [-0.3, -0.25) is 19.7 Å². The molecule has 242 valence electrons. The van der Waals surface area contributed by atoms with Crippen molar-refractivity contribution in [2.24, 2.45) is 16.6 Å². The van der Waals surface area contributed by atoms with Crippen LogP contribution in [-0.2, 0) is 9.59 Å². The van der Waals surface area contributed by atoms with Crippen LogP contribution in [-0.4, -0.2) is 83.2 Å². The molecule has 0 aliphatic carbocycles. The first-order valence-corrected chi connectivity index (χ1v) is 14.8. The van der Waals surface area contributed by atoms with Gasteiger partial charge in [0.2, 0.25) is 0 Å². The number of hydrogen-bond acceptors (Lipinski definition) is 10. The number of carboxylic acid groups (broad SMARTS) is 2. The van der Waals surface area contributed by atoms with Crippen molar-refractivity contribution in [2.45, 2.75) is 64.1 Å². The standard InChI is InChI=1S/C31H44N4O9/c1-20-30(3,28(37)38)27(31(13-14-32,29(39)40)21(2)34-20)25-17-22(35(41)42)11-12-26(25)43-16-8-7-15-33-18-23(36)19-44-24-9-5-4-6-10-24/h4-6,9-12,17,20-21,23,27,33-34,36H,7-8,13-16,18-19,32H2,1-3H3,(H,37,38)(H,39,40). The minimum Gasteiger partial charge on any atom is -0.493 e. The number of benzene rings is 2. The molecule has 7 N–H and O–H groups in total. The van der Waals surface area contributed by atoms with E-state index in [2.05, 4.69) is 10.6 Å². The van der Waals surface area contributed by atoms with Gasteiger partial charge in [-0.1, -0.05) is 18.2 Å². The number of piperidine rings is 1. The first kappa shape index (κ1) is 34.7. The predicted molar refractivity (Wildman–Crippen MR) is 163 cm³/mol. The smallest absolute Gasteiger partial charge is 0.311 e. The fourth-order valence-electron chi connectivity index (χ4n) is 6.23. The average molecular weight is 617 g/mol. The van der Waals surface area contributed by atoms with Crippen molar-refractivity contribution in [3.8, 4) is 11.5 Å². The molecule has 3 rings (SSSR count). The second-order valence-corrected chi connectivity index (χ2v) is 11.5. The third kappa shape index (κ3) is 7.46. The topological polar surface area (TPSA) is 207 Å². The number of nitro groups is 1. The Morgan fingerprint density at radius 1 is 1.09 bits per heavy atom. The van der Waals surface area contributed by atoms with Gasteiger partial charge in [0.15, 0.2) is 0 Å². The second kappa shape index (κ2) is 15.3. The zero-order valence-electron chi connectivity index (χ0n) is 25.4. The summed E-state index contributed by atoms with van der Waals surface area (Å²) in [6.45, 7) is 6.02. The number of non-ortho nitro benzene ring substituents is 1. The van der Waals surface area contributed by atoms with E-state index in [1.165, 1.54) is 25.1 Å².